The fourth-order valence-corrected chi connectivity index (χ4v) is 5.53. The summed E-state index contributed by atoms with van der Waals surface area (Å²) >= 11 is 0.984. The van der Waals surface area contributed by atoms with Crippen molar-refractivity contribution < 1.29 is 28.0 Å². The van der Waals surface area contributed by atoms with Gasteiger partial charge in [0.15, 0.2) is 5.00 Å². The fourth-order valence-electron chi connectivity index (χ4n) is 2.44. The molecule has 1 aromatic heterocycles. The lowest BCUT2D eigenvalue weighted by molar-refractivity contribution is -0.383. The lowest BCUT2D eigenvalue weighted by atomic mass is 10.2. The average molecular weight is 430 g/mol. The number of benzene rings is 1. The Kier molecular flexibility index (Phi) is 7.82. The van der Waals surface area contributed by atoms with Crippen molar-refractivity contribution in [3.8, 4) is 11.5 Å². The maximum atomic E-state index is 12.9. The van der Waals surface area contributed by atoms with Crippen LogP contribution in [0.15, 0.2) is 24.3 Å². The molecule has 0 radical (unpaired) electrons. The van der Waals surface area contributed by atoms with Crippen molar-refractivity contribution in [1.29, 1.82) is 0 Å². The van der Waals surface area contributed by atoms with E-state index in [9.17, 15) is 14.7 Å². The Balaban J connectivity index is 2.32. The Morgan fingerprint density at radius 1 is 1.14 bits per heavy atom. The molecule has 0 saturated heterocycles. The lowest BCUT2D eigenvalue weighted by Gasteiger charge is -2.14. The van der Waals surface area contributed by atoms with Crippen molar-refractivity contribution in [1.82, 2.24) is 0 Å². The van der Waals surface area contributed by atoms with Gasteiger partial charge in [-0.2, -0.15) is 0 Å². The van der Waals surface area contributed by atoms with E-state index in [1.165, 1.54) is 13.2 Å². The van der Waals surface area contributed by atoms with Crippen LogP contribution in [0, 0.1) is 10.1 Å². The minimum absolute atomic E-state index is 0.161. The van der Waals surface area contributed by atoms with Crippen LogP contribution in [-0.2, 0) is 20.2 Å². The fraction of sp³-hybridized carbons (Fsp3) is 0.412. The third-order valence-corrected chi connectivity index (χ3v) is 7.39. The molecule has 2 rings (SSSR count). The van der Waals surface area contributed by atoms with Crippen LogP contribution in [0.3, 0.4) is 0 Å². The molecule has 0 saturated carbocycles. The number of hydrogen-bond donors (Lipinski definition) is 1. The van der Waals surface area contributed by atoms with Crippen molar-refractivity contribution in [2.45, 2.75) is 20.4 Å². The number of nitrogens with zero attached hydrogens (tertiary/aromatic N) is 1. The molecule has 0 fully saturated rings. The minimum atomic E-state index is -3.61. The number of methoxy groups -OCH3 is 2. The Morgan fingerprint density at radius 3 is 2.36 bits per heavy atom. The van der Waals surface area contributed by atoms with Gasteiger partial charge in [-0.05, 0) is 26.0 Å². The molecular weight excluding hydrogens is 407 g/mol. The van der Waals surface area contributed by atoms with Gasteiger partial charge in [0.1, 0.15) is 16.1 Å². The Hall–Kier alpha value is -2.13. The molecule has 28 heavy (non-hydrogen) atoms. The molecule has 1 heterocycles. The summed E-state index contributed by atoms with van der Waals surface area (Å²) in [6, 6.07) is 6.54. The zero-order valence-corrected chi connectivity index (χ0v) is 17.8. The highest BCUT2D eigenvalue weighted by Gasteiger charge is 2.33. The van der Waals surface area contributed by atoms with E-state index in [1.807, 2.05) is 0 Å². The second-order valence-corrected chi connectivity index (χ2v) is 8.77. The summed E-state index contributed by atoms with van der Waals surface area (Å²) in [4.78, 5) is 10.9. The van der Waals surface area contributed by atoms with Crippen LogP contribution in [0.4, 0.5) is 10.7 Å². The normalized spacial score (nSPS) is 11.3. The molecule has 0 aliphatic heterocycles. The maximum absolute atomic E-state index is 12.9. The summed E-state index contributed by atoms with van der Waals surface area (Å²) in [6.45, 7) is 3.96. The highest BCUT2D eigenvalue weighted by Crippen LogP contribution is 2.51. The van der Waals surface area contributed by atoms with E-state index in [4.69, 9.17) is 18.5 Å². The van der Waals surface area contributed by atoms with Crippen molar-refractivity contribution in [2.24, 2.45) is 0 Å². The maximum Gasteiger partial charge on any atom is 0.371 e. The predicted molar refractivity (Wildman–Crippen MR) is 108 cm³/mol. The Morgan fingerprint density at radius 2 is 1.82 bits per heavy atom. The van der Waals surface area contributed by atoms with Crippen LogP contribution in [0.25, 0.3) is 0 Å². The zero-order chi connectivity index (χ0) is 20.7. The first-order valence-corrected chi connectivity index (χ1v) is 10.9. The minimum Gasteiger partial charge on any atom is -0.497 e. The van der Waals surface area contributed by atoms with Gasteiger partial charge in [0, 0.05) is 24.2 Å². The Labute approximate surface area is 167 Å². The summed E-state index contributed by atoms with van der Waals surface area (Å²) in [5.41, 5.74) is 0.595. The van der Waals surface area contributed by atoms with Gasteiger partial charge in [-0.1, -0.05) is 0 Å². The van der Waals surface area contributed by atoms with Gasteiger partial charge in [0.05, 0.1) is 32.4 Å². The van der Waals surface area contributed by atoms with Crippen LogP contribution in [0.5, 0.6) is 11.5 Å². The van der Waals surface area contributed by atoms with Crippen LogP contribution in [0.1, 0.15) is 19.4 Å². The molecule has 0 atom stereocenters. The van der Waals surface area contributed by atoms with Gasteiger partial charge in [-0.25, -0.2) is 0 Å². The molecule has 1 aromatic carbocycles. The van der Waals surface area contributed by atoms with E-state index in [0.29, 0.717) is 11.5 Å². The summed E-state index contributed by atoms with van der Waals surface area (Å²) in [6.07, 6.45) is 0. The number of hydrogen-bond acceptors (Lipinski definition) is 9. The standard InChI is InChI=1S/C17H23N2O7PS/c1-5-25-27(22,26-6-2)16-10-14(19(20)21)17(28-16)18-11-12-7-8-13(23-3)9-15(12)24-4/h7-10,18H,5-6,11H2,1-4H3. The molecule has 0 aliphatic carbocycles. The van der Waals surface area contributed by atoms with Gasteiger partial charge in [-0.3, -0.25) is 14.7 Å². The van der Waals surface area contributed by atoms with Gasteiger partial charge in [0.2, 0.25) is 0 Å². The van der Waals surface area contributed by atoms with Crippen molar-refractivity contribution in [2.75, 3.05) is 32.8 Å². The number of ether oxygens (including phenoxy) is 2. The molecule has 9 nitrogen and oxygen atoms in total. The third kappa shape index (κ3) is 5.02. The van der Waals surface area contributed by atoms with Crippen molar-refractivity contribution in [3.63, 3.8) is 0 Å². The molecule has 0 aliphatic rings. The van der Waals surface area contributed by atoms with E-state index in [2.05, 4.69) is 5.32 Å². The van der Waals surface area contributed by atoms with Gasteiger partial charge in [0.25, 0.3) is 0 Å². The predicted octanol–water partition coefficient (Wildman–Crippen LogP) is 4.18. The monoisotopic (exact) mass is 430 g/mol. The smallest absolute Gasteiger partial charge is 0.371 e. The first-order chi connectivity index (χ1) is 13.4. The number of rotatable bonds is 11. The van der Waals surface area contributed by atoms with Gasteiger partial charge < -0.3 is 23.8 Å². The topological polar surface area (TPSA) is 109 Å². The number of thiophene rings is 1. The average Bonchev–Trinajstić information content (AvgIpc) is 3.12. The van der Waals surface area contributed by atoms with Crippen LogP contribution in [-0.4, -0.2) is 32.4 Å². The van der Waals surface area contributed by atoms with Gasteiger partial charge >= 0.3 is 13.3 Å². The second-order valence-electron chi connectivity index (χ2n) is 5.42. The largest absolute Gasteiger partial charge is 0.497 e. The van der Waals surface area contributed by atoms with E-state index >= 15 is 0 Å². The molecule has 2 aromatic rings. The van der Waals surface area contributed by atoms with E-state index < -0.39 is 12.5 Å². The molecular formula is C17H23N2O7PS. The molecule has 0 unspecified atom stereocenters. The third-order valence-electron chi connectivity index (χ3n) is 3.70. The number of nitro groups is 1. The summed E-state index contributed by atoms with van der Waals surface area (Å²) in [5, 5.41) is 14.7. The molecule has 154 valence electrons. The molecule has 0 spiro atoms. The lowest BCUT2D eigenvalue weighted by Crippen LogP contribution is -2.06. The SMILES string of the molecule is CCOP(=O)(OCC)c1cc([N+](=O)[O-])c(NCc2ccc(OC)cc2OC)s1. The summed E-state index contributed by atoms with van der Waals surface area (Å²) < 4.78 is 34.2. The first-order valence-electron chi connectivity index (χ1n) is 8.51. The highest BCUT2D eigenvalue weighted by molar-refractivity contribution is 7.69. The number of anilines is 1. The molecule has 11 heteroatoms. The van der Waals surface area contributed by atoms with Gasteiger partial charge in [-0.15, -0.1) is 11.3 Å². The van der Waals surface area contributed by atoms with Crippen molar-refractivity contribution in [3.05, 3.63) is 39.9 Å². The van der Waals surface area contributed by atoms with E-state index in [1.54, 1.807) is 39.2 Å². The van der Waals surface area contributed by atoms with Crippen LogP contribution >= 0.6 is 18.9 Å². The quantitative estimate of drug-likeness (QED) is 0.321. The highest BCUT2D eigenvalue weighted by atomic mass is 32.1. The van der Waals surface area contributed by atoms with Crippen molar-refractivity contribution >= 4 is 34.2 Å². The Bertz CT molecular complexity index is 861. The van der Waals surface area contributed by atoms with Crippen LogP contribution < -0.4 is 19.4 Å². The second kappa shape index (κ2) is 9.88. The zero-order valence-electron chi connectivity index (χ0n) is 16.1. The summed E-state index contributed by atoms with van der Waals surface area (Å²) in [5.74, 6) is 1.22. The van der Waals surface area contributed by atoms with E-state index in [-0.39, 0.29) is 35.1 Å². The van der Waals surface area contributed by atoms with Crippen LogP contribution in [0.2, 0.25) is 0 Å². The summed E-state index contributed by atoms with van der Waals surface area (Å²) in [7, 11) is -0.520. The number of nitrogens with one attached hydrogen (secondary N) is 1. The molecule has 1 N–H and O–H groups in total. The van der Waals surface area contributed by atoms with E-state index in [0.717, 1.165) is 16.9 Å². The molecule has 0 amide bonds. The molecule has 0 bridgehead atoms. The first kappa shape index (κ1) is 22.2.